The van der Waals surface area contributed by atoms with E-state index in [1.165, 1.54) is 41.2 Å². The fourth-order valence-electron chi connectivity index (χ4n) is 7.11. The molecule has 4 aromatic heterocycles. The maximum Gasteiger partial charge on any atom is 0.268 e. The van der Waals surface area contributed by atoms with E-state index in [2.05, 4.69) is 10.1 Å². The third-order valence-corrected chi connectivity index (χ3v) is 11.5. The second-order valence-corrected chi connectivity index (χ2v) is 15.0. The number of carbonyl (C=O) groups excluding carboxylic acids is 1. The summed E-state index contributed by atoms with van der Waals surface area (Å²) in [7, 11) is -4.35. The molecule has 0 spiro atoms. The Morgan fingerprint density at radius 2 is 1.54 bits per heavy atom. The van der Waals surface area contributed by atoms with Crippen LogP contribution in [0.3, 0.4) is 0 Å². The second-order valence-electron chi connectivity index (χ2n) is 13.2. The number of aromatic nitrogens is 5. The normalized spacial score (nSPS) is 11.7. The molecule has 0 bridgehead atoms. The predicted molar refractivity (Wildman–Crippen MR) is 214 cm³/mol. The number of hydrogen-bond acceptors (Lipinski definition) is 7. The van der Waals surface area contributed by atoms with Crippen LogP contribution in [0.2, 0.25) is 0 Å². The Morgan fingerprint density at radius 3 is 2.33 bits per heavy atom. The van der Waals surface area contributed by atoms with Crippen LogP contribution in [0, 0.1) is 18.6 Å². The third kappa shape index (κ3) is 5.92. The number of ketones is 1. The smallest absolute Gasteiger partial charge is 0.268 e. The number of aryl methyl sites for hydroxylation is 1. The van der Waals surface area contributed by atoms with E-state index >= 15 is 0 Å². The van der Waals surface area contributed by atoms with Gasteiger partial charge in [0.15, 0.2) is 11.6 Å². The number of nitrogens with zero attached hydrogens (tertiary/aromatic N) is 5. The molecule has 5 aromatic carbocycles. The summed E-state index contributed by atoms with van der Waals surface area (Å²) in [6.45, 7) is 1.74. The number of benzene rings is 5. The van der Waals surface area contributed by atoms with Crippen LogP contribution in [0.5, 0.6) is 11.5 Å². The molecule has 0 aliphatic heterocycles. The Bertz CT molecular complexity index is 3140. The van der Waals surface area contributed by atoms with Crippen molar-refractivity contribution in [2.45, 2.75) is 11.8 Å². The summed E-state index contributed by atoms with van der Waals surface area (Å²) in [5.41, 5.74) is 10.1. The molecular weight excluding hydrogens is 747 g/mol. The maximum atomic E-state index is 14.7. The molecule has 0 amide bonds. The topological polar surface area (TPSA) is 127 Å². The van der Waals surface area contributed by atoms with Crippen molar-refractivity contribution in [3.63, 3.8) is 0 Å². The van der Waals surface area contributed by atoms with E-state index in [-0.39, 0.29) is 39.0 Å². The molecule has 13 heteroatoms. The zero-order valence-electron chi connectivity index (χ0n) is 30.0. The summed E-state index contributed by atoms with van der Waals surface area (Å²) in [4.78, 5) is 19.4. The number of para-hydroxylation sites is 1. The molecule has 0 aliphatic carbocycles. The predicted octanol–water partition coefficient (Wildman–Crippen LogP) is 9.26. The molecule has 0 saturated carbocycles. The third-order valence-electron chi connectivity index (χ3n) is 9.77. The van der Waals surface area contributed by atoms with E-state index in [9.17, 15) is 22.0 Å². The summed E-state index contributed by atoms with van der Waals surface area (Å²) >= 11 is 0. The molecule has 0 aliphatic rings. The minimum Gasteiger partial charge on any atom is -0.454 e. The number of fused-ring (bicyclic) bond motifs is 2. The number of halogens is 2. The number of anilines is 1. The van der Waals surface area contributed by atoms with Crippen molar-refractivity contribution in [3.8, 4) is 34.3 Å². The van der Waals surface area contributed by atoms with Crippen LogP contribution in [0.4, 0.5) is 14.6 Å². The fraction of sp³-hybridized carbons (Fsp3) is 0.0227. The number of pyridine rings is 1. The van der Waals surface area contributed by atoms with Gasteiger partial charge in [0, 0.05) is 22.5 Å². The molecule has 9 aromatic rings. The zero-order valence-corrected chi connectivity index (χ0v) is 30.9. The lowest BCUT2D eigenvalue weighted by molar-refractivity contribution is 0.103. The highest BCUT2D eigenvalue weighted by atomic mass is 32.2. The van der Waals surface area contributed by atoms with E-state index in [4.69, 9.17) is 10.5 Å². The lowest BCUT2D eigenvalue weighted by Gasteiger charge is -2.13. The van der Waals surface area contributed by atoms with Gasteiger partial charge in [-0.1, -0.05) is 60.7 Å². The van der Waals surface area contributed by atoms with Gasteiger partial charge in [0.1, 0.15) is 23.1 Å². The standard InChI is InChI=1S/C44H30F2N6O4S/c1-27-23-29(56-40-18-10-15-34(45)42(40)46)20-21-35(27)51-44(47)33(26-49-51)43(53)39-25-32-31(14-9-17-37(32)52(39)57(54,55)30-12-3-2-4-13-30)38-24-28-11-5-6-16-36(28)50(38)41-19-7-8-22-48-41/h2-26H,47H2,1H3. The van der Waals surface area contributed by atoms with E-state index < -0.39 is 27.4 Å². The van der Waals surface area contributed by atoms with Gasteiger partial charge in [0.2, 0.25) is 11.6 Å². The van der Waals surface area contributed by atoms with Crippen LogP contribution in [0.1, 0.15) is 21.6 Å². The summed E-state index contributed by atoms with van der Waals surface area (Å²) in [6.07, 6.45) is 3.00. The van der Waals surface area contributed by atoms with Gasteiger partial charge >= 0.3 is 0 Å². The average Bonchev–Trinajstić information content (AvgIpc) is 3.94. The van der Waals surface area contributed by atoms with Crippen LogP contribution in [0.25, 0.3) is 44.6 Å². The number of carbonyl (C=O) groups is 1. The zero-order chi connectivity index (χ0) is 39.4. The molecule has 9 rings (SSSR count). The van der Waals surface area contributed by atoms with Gasteiger partial charge in [-0.25, -0.2) is 26.4 Å². The molecule has 280 valence electrons. The Labute approximate surface area is 324 Å². The highest BCUT2D eigenvalue weighted by molar-refractivity contribution is 7.90. The first kappa shape index (κ1) is 35.3. The van der Waals surface area contributed by atoms with E-state index in [0.717, 1.165) is 26.6 Å². The van der Waals surface area contributed by atoms with Gasteiger partial charge in [-0.3, -0.25) is 9.36 Å². The minimum absolute atomic E-state index is 0.00993. The highest BCUT2D eigenvalue weighted by Crippen LogP contribution is 2.39. The maximum absolute atomic E-state index is 14.7. The molecule has 0 saturated heterocycles. The first-order valence-electron chi connectivity index (χ1n) is 17.7. The summed E-state index contributed by atoms with van der Waals surface area (Å²) in [6, 6.07) is 38.7. The second kappa shape index (κ2) is 13.7. The molecule has 4 heterocycles. The van der Waals surface area contributed by atoms with Crippen molar-refractivity contribution in [1.29, 1.82) is 0 Å². The van der Waals surface area contributed by atoms with Crippen molar-refractivity contribution in [2.75, 3.05) is 5.73 Å². The molecule has 0 atom stereocenters. The minimum atomic E-state index is -4.35. The van der Waals surface area contributed by atoms with Crippen LogP contribution in [-0.2, 0) is 10.0 Å². The lowest BCUT2D eigenvalue weighted by atomic mass is 10.1. The molecule has 10 nitrogen and oxygen atoms in total. The van der Waals surface area contributed by atoms with Crippen LogP contribution < -0.4 is 10.5 Å². The van der Waals surface area contributed by atoms with Crippen molar-refractivity contribution in [1.82, 2.24) is 23.3 Å². The largest absolute Gasteiger partial charge is 0.454 e. The molecular formula is C44H30F2N6O4S. The Hall–Kier alpha value is -7.38. The quantitative estimate of drug-likeness (QED) is 0.145. The Balaban J connectivity index is 1.19. The first-order chi connectivity index (χ1) is 27.6. The molecule has 0 radical (unpaired) electrons. The van der Waals surface area contributed by atoms with Gasteiger partial charge in [-0.2, -0.15) is 9.49 Å². The Morgan fingerprint density at radius 1 is 0.789 bits per heavy atom. The van der Waals surface area contributed by atoms with Crippen molar-refractivity contribution in [2.24, 2.45) is 0 Å². The lowest BCUT2D eigenvalue weighted by Crippen LogP contribution is -2.19. The van der Waals surface area contributed by atoms with E-state index in [1.807, 2.05) is 59.2 Å². The van der Waals surface area contributed by atoms with Crippen LogP contribution >= 0.6 is 0 Å². The number of nitrogen functional groups attached to an aromatic ring is 1. The summed E-state index contributed by atoms with van der Waals surface area (Å²) in [5.74, 6) is -2.26. The highest BCUT2D eigenvalue weighted by Gasteiger charge is 2.31. The number of ether oxygens (including phenoxy) is 1. The number of hydrogen-bond donors (Lipinski definition) is 1. The van der Waals surface area contributed by atoms with E-state index in [0.29, 0.717) is 28.0 Å². The molecule has 57 heavy (non-hydrogen) atoms. The SMILES string of the molecule is Cc1cc(Oc2cccc(F)c2F)ccc1-n1ncc(C(=O)c2cc3c(-c4cc5ccccc5n4-c4ccccn4)cccc3n2S(=O)(=O)c2ccccc2)c1N. The van der Waals surface area contributed by atoms with Gasteiger partial charge in [0.25, 0.3) is 10.0 Å². The monoisotopic (exact) mass is 776 g/mol. The Kier molecular flexibility index (Phi) is 8.51. The van der Waals surface area contributed by atoms with Crippen LogP contribution in [0.15, 0.2) is 157 Å². The van der Waals surface area contributed by atoms with Gasteiger partial charge in [-0.05, 0) is 91.3 Å². The van der Waals surface area contributed by atoms with Crippen molar-refractivity contribution >= 4 is 43.4 Å². The van der Waals surface area contributed by atoms with Crippen LogP contribution in [-0.4, -0.2) is 37.5 Å². The summed E-state index contributed by atoms with van der Waals surface area (Å²) < 4.78 is 67.3. The summed E-state index contributed by atoms with van der Waals surface area (Å²) in [5, 5.41) is 5.87. The first-order valence-corrected chi connectivity index (χ1v) is 19.1. The molecule has 0 unspecified atom stereocenters. The van der Waals surface area contributed by atoms with Gasteiger partial charge in [0.05, 0.1) is 39.1 Å². The number of nitrogens with two attached hydrogens (primary N) is 1. The number of rotatable bonds is 9. The average molecular weight is 777 g/mol. The van der Waals surface area contributed by atoms with Crippen molar-refractivity contribution in [3.05, 3.63) is 180 Å². The molecule has 2 N–H and O–H groups in total. The molecule has 0 fully saturated rings. The van der Waals surface area contributed by atoms with Gasteiger partial charge in [-0.15, -0.1) is 0 Å². The van der Waals surface area contributed by atoms with Gasteiger partial charge < -0.3 is 10.5 Å². The fourth-order valence-corrected chi connectivity index (χ4v) is 8.64. The van der Waals surface area contributed by atoms with Crippen molar-refractivity contribution < 1.29 is 26.7 Å². The van der Waals surface area contributed by atoms with E-state index in [1.54, 1.807) is 61.7 Å².